The summed E-state index contributed by atoms with van der Waals surface area (Å²) < 4.78 is 2.28. The maximum atomic E-state index is 12.6. The van der Waals surface area contributed by atoms with Crippen LogP contribution >= 0.6 is 15.9 Å². The molecule has 0 fully saturated rings. The number of aromatic carboxylic acids is 1. The zero-order chi connectivity index (χ0) is 18.0. The van der Waals surface area contributed by atoms with Crippen LogP contribution in [0, 0.1) is 6.92 Å². The number of nitrogens with zero attached hydrogens (tertiary/aromatic N) is 2. The first-order chi connectivity index (χ1) is 12.0. The number of hydrogen-bond donors (Lipinski definition) is 2. The molecule has 0 spiro atoms. The highest BCUT2D eigenvalue weighted by atomic mass is 79.9. The third-order valence-electron chi connectivity index (χ3n) is 3.72. The molecule has 1 heterocycles. The number of hydrogen-bond acceptors (Lipinski definition) is 3. The molecule has 126 valence electrons. The van der Waals surface area contributed by atoms with Crippen LogP contribution in [-0.4, -0.2) is 26.8 Å². The molecule has 2 N–H and O–H groups in total. The van der Waals surface area contributed by atoms with E-state index in [1.54, 1.807) is 23.7 Å². The fraction of sp³-hybridized carbons (Fsp3) is 0.0556. The van der Waals surface area contributed by atoms with Crippen LogP contribution in [0.25, 0.3) is 5.69 Å². The summed E-state index contributed by atoms with van der Waals surface area (Å²) in [4.78, 5) is 23.9. The molecule has 3 rings (SSSR count). The van der Waals surface area contributed by atoms with Crippen LogP contribution < -0.4 is 5.32 Å². The highest BCUT2D eigenvalue weighted by molar-refractivity contribution is 9.10. The van der Waals surface area contributed by atoms with E-state index in [9.17, 15) is 14.7 Å². The monoisotopic (exact) mass is 399 g/mol. The standard InChI is InChI=1S/C18H14BrN3O3/c1-11-15(10-20-22(11)13-5-3-2-4-6-13)17(23)21-16-8-7-12(19)9-14(16)18(24)25/h2-10H,1H3,(H,21,23)(H,24,25). The SMILES string of the molecule is Cc1c(C(=O)Nc2ccc(Br)cc2C(=O)O)cnn1-c1ccccc1. The normalized spacial score (nSPS) is 10.5. The molecule has 1 amide bonds. The molecular weight excluding hydrogens is 386 g/mol. The molecule has 0 saturated carbocycles. The van der Waals surface area contributed by atoms with Crippen molar-refractivity contribution >= 4 is 33.5 Å². The Bertz CT molecular complexity index is 951. The van der Waals surface area contributed by atoms with E-state index in [1.807, 2.05) is 30.3 Å². The van der Waals surface area contributed by atoms with Gasteiger partial charge in [-0.3, -0.25) is 4.79 Å². The van der Waals surface area contributed by atoms with Gasteiger partial charge in [0, 0.05) is 4.47 Å². The van der Waals surface area contributed by atoms with E-state index in [2.05, 4.69) is 26.3 Å². The molecule has 0 aliphatic heterocycles. The van der Waals surface area contributed by atoms with Crippen LogP contribution in [0.2, 0.25) is 0 Å². The average Bonchev–Trinajstić information content (AvgIpc) is 2.98. The van der Waals surface area contributed by atoms with Crippen molar-refractivity contribution in [1.29, 1.82) is 0 Å². The van der Waals surface area contributed by atoms with Gasteiger partial charge in [0.15, 0.2) is 0 Å². The van der Waals surface area contributed by atoms with Gasteiger partial charge in [-0.05, 0) is 37.3 Å². The van der Waals surface area contributed by atoms with Gasteiger partial charge in [-0.2, -0.15) is 5.10 Å². The first-order valence-electron chi connectivity index (χ1n) is 7.41. The molecule has 0 aliphatic carbocycles. The van der Waals surface area contributed by atoms with Crippen molar-refractivity contribution in [3.8, 4) is 5.69 Å². The molecule has 0 aliphatic rings. The molecule has 6 nitrogen and oxygen atoms in total. The molecule has 2 aromatic carbocycles. The number of para-hydroxylation sites is 1. The van der Waals surface area contributed by atoms with Crippen LogP contribution in [0.5, 0.6) is 0 Å². The minimum absolute atomic E-state index is 0.0100. The van der Waals surface area contributed by atoms with Crippen molar-refractivity contribution in [2.75, 3.05) is 5.32 Å². The minimum Gasteiger partial charge on any atom is -0.478 e. The van der Waals surface area contributed by atoms with Gasteiger partial charge in [-0.1, -0.05) is 34.1 Å². The zero-order valence-corrected chi connectivity index (χ0v) is 14.8. The third kappa shape index (κ3) is 3.46. The second-order valence-electron chi connectivity index (χ2n) is 5.34. The Hall–Kier alpha value is -2.93. The number of anilines is 1. The lowest BCUT2D eigenvalue weighted by atomic mass is 10.1. The lowest BCUT2D eigenvalue weighted by Gasteiger charge is -2.09. The number of nitrogens with one attached hydrogen (secondary N) is 1. The van der Waals surface area contributed by atoms with Gasteiger partial charge in [0.05, 0.1) is 34.4 Å². The Kier molecular flexibility index (Phi) is 4.67. The summed E-state index contributed by atoms with van der Waals surface area (Å²) in [5.74, 6) is -1.53. The number of amides is 1. The summed E-state index contributed by atoms with van der Waals surface area (Å²) in [5, 5.41) is 16.2. The molecule has 0 radical (unpaired) electrons. The number of carbonyl (C=O) groups excluding carboxylic acids is 1. The van der Waals surface area contributed by atoms with E-state index in [-0.39, 0.29) is 11.3 Å². The van der Waals surface area contributed by atoms with Crippen molar-refractivity contribution in [2.24, 2.45) is 0 Å². The fourth-order valence-corrected chi connectivity index (χ4v) is 2.82. The first kappa shape index (κ1) is 16.9. The van der Waals surface area contributed by atoms with Gasteiger partial charge in [0.1, 0.15) is 0 Å². The van der Waals surface area contributed by atoms with Crippen molar-refractivity contribution in [1.82, 2.24) is 9.78 Å². The highest BCUT2D eigenvalue weighted by Crippen LogP contribution is 2.22. The quantitative estimate of drug-likeness (QED) is 0.696. The number of carboxylic acids is 1. The Morgan fingerprint density at radius 2 is 1.84 bits per heavy atom. The van der Waals surface area contributed by atoms with E-state index in [4.69, 9.17) is 0 Å². The molecule has 3 aromatic rings. The summed E-state index contributed by atoms with van der Waals surface area (Å²) in [6.45, 7) is 1.79. The molecule has 7 heteroatoms. The number of carboxylic acid groups (broad SMARTS) is 1. The van der Waals surface area contributed by atoms with Crippen LogP contribution in [0.15, 0.2) is 59.2 Å². The summed E-state index contributed by atoms with van der Waals surface area (Å²) in [7, 11) is 0. The van der Waals surface area contributed by atoms with Crippen LogP contribution in [0.3, 0.4) is 0 Å². The second kappa shape index (κ2) is 6.90. The average molecular weight is 400 g/mol. The lowest BCUT2D eigenvalue weighted by molar-refractivity contribution is 0.0698. The summed E-state index contributed by atoms with van der Waals surface area (Å²) in [6, 6.07) is 14.1. The van der Waals surface area contributed by atoms with Crippen LogP contribution in [0.4, 0.5) is 5.69 Å². The Labute approximate surface area is 152 Å². The van der Waals surface area contributed by atoms with Crippen molar-refractivity contribution in [3.05, 3.63) is 76.0 Å². The van der Waals surface area contributed by atoms with Crippen LogP contribution in [0.1, 0.15) is 26.4 Å². The number of benzene rings is 2. The van der Waals surface area contributed by atoms with Gasteiger partial charge in [-0.15, -0.1) is 0 Å². The van der Waals surface area contributed by atoms with Gasteiger partial charge < -0.3 is 10.4 Å². The predicted octanol–water partition coefficient (Wildman–Crippen LogP) is 3.89. The third-order valence-corrected chi connectivity index (χ3v) is 4.21. The number of rotatable bonds is 4. The zero-order valence-electron chi connectivity index (χ0n) is 13.2. The second-order valence-corrected chi connectivity index (χ2v) is 6.26. The molecular formula is C18H14BrN3O3. The largest absolute Gasteiger partial charge is 0.478 e. The summed E-state index contributed by atoms with van der Waals surface area (Å²) >= 11 is 3.23. The van der Waals surface area contributed by atoms with Gasteiger partial charge in [-0.25, -0.2) is 9.48 Å². The van der Waals surface area contributed by atoms with Crippen molar-refractivity contribution in [3.63, 3.8) is 0 Å². The Morgan fingerprint density at radius 3 is 2.52 bits per heavy atom. The maximum absolute atomic E-state index is 12.6. The predicted molar refractivity (Wildman–Crippen MR) is 97.4 cm³/mol. The van der Waals surface area contributed by atoms with E-state index >= 15 is 0 Å². The van der Waals surface area contributed by atoms with Crippen molar-refractivity contribution in [2.45, 2.75) is 6.92 Å². The first-order valence-corrected chi connectivity index (χ1v) is 8.21. The smallest absolute Gasteiger partial charge is 0.337 e. The lowest BCUT2D eigenvalue weighted by Crippen LogP contribution is -2.15. The van der Waals surface area contributed by atoms with E-state index < -0.39 is 11.9 Å². The topological polar surface area (TPSA) is 84.2 Å². The molecule has 0 saturated heterocycles. The van der Waals surface area contributed by atoms with E-state index in [1.165, 1.54) is 12.3 Å². The van der Waals surface area contributed by atoms with E-state index in [0.717, 1.165) is 5.69 Å². The van der Waals surface area contributed by atoms with Crippen molar-refractivity contribution < 1.29 is 14.7 Å². The van der Waals surface area contributed by atoms with Crippen LogP contribution in [-0.2, 0) is 0 Å². The number of aromatic nitrogens is 2. The number of carbonyl (C=O) groups is 2. The fourth-order valence-electron chi connectivity index (χ4n) is 2.45. The number of halogens is 1. The van der Waals surface area contributed by atoms with E-state index in [0.29, 0.717) is 15.7 Å². The summed E-state index contributed by atoms with van der Waals surface area (Å²) in [5.41, 5.74) is 2.12. The van der Waals surface area contributed by atoms with Gasteiger partial charge in [0.2, 0.25) is 0 Å². The highest BCUT2D eigenvalue weighted by Gasteiger charge is 2.18. The van der Waals surface area contributed by atoms with Gasteiger partial charge >= 0.3 is 5.97 Å². The maximum Gasteiger partial charge on any atom is 0.337 e. The minimum atomic E-state index is -1.12. The molecule has 0 bridgehead atoms. The summed E-state index contributed by atoms with van der Waals surface area (Å²) in [6.07, 6.45) is 1.47. The Balaban J connectivity index is 1.91. The molecule has 0 unspecified atom stereocenters. The Morgan fingerprint density at radius 1 is 1.12 bits per heavy atom. The molecule has 25 heavy (non-hydrogen) atoms. The van der Waals surface area contributed by atoms with Gasteiger partial charge in [0.25, 0.3) is 5.91 Å². The molecule has 1 aromatic heterocycles. The molecule has 0 atom stereocenters.